The Balaban J connectivity index is 1.65. The fourth-order valence-electron chi connectivity index (χ4n) is 4.02. The second-order valence-electron chi connectivity index (χ2n) is 8.44. The van der Waals surface area contributed by atoms with E-state index in [-0.39, 0.29) is 22.3 Å². The third-order valence-corrected chi connectivity index (χ3v) is 6.34. The number of carboxylic acid groups (broad SMARTS) is 1. The lowest BCUT2D eigenvalue weighted by Crippen LogP contribution is -2.22. The summed E-state index contributed by atoms with van der Waals surface area (Å²) < 4.78 is 61.4. The molecule has 4 aromatic rings. The standard InChI is InChI=1S/C24H19F2N5O6S/c1-38(35,36)30-20-17(25)7-6-15(18(20)26)21(32)19-16-10-14(12-2-4-13(5-3-12)23(33)34)11-28-22(16)31(29-19)24-27-8-9-37-24/h2-7,10-11,24,27,30H,8-9H2,1H3,(H,33,34). The zero-order valence-electron chi connectivity index (χ0n) is 19.6. The molecule has 1 aliphatic rings. The minimum absolute atomic E-state index is 0.0845. The quantitative estimate of drug-likeness (QED) is 0.299. The van der Waals surface area contributed by atoms with Gasteiger partial charge < -0.3 is 9.84 Å². The van der Waals surface area contributed by atoms with Crippen LogP contribution in [0.1, 0.15) is 32.8 Å². The van der Waals surface area contributed by atoms with Crippen molar-refractivity contribution < 1.29 is 36.6 Å². The number of rotatable bonds is 7. The largest absolute Gasteiger partial charge is 0.478 e. The summed E-state index contributed by atoms with van der Waals surface area (Å²) >= 11 is 0. The van der Waals surface area contributed by atoms with E-state index in [2.05, 4.69) is 15.4 Å². The van der Waals surface area contributed by atoms with Crippen LogP contribution in [0.2, 0.25) is 0 Å². The molecule has 38 heavy (non-hydrogen) atoms. The number of halogens is 2. The van der Waals surface area contributed by atoms with Crippen molar-refractivity contribution >= 4 is 38.5 Å². The van der Waals surface area contributed by atoms with E-state index in [0.29, 0.717) is 24.3 Å². The van der Waals surface area contributed by atoms with Crippen LogP contribution in [0.15, 0.2) is 48.7 Å². The van der Waals surface area contributed by atoms with E-state index in [4.69, 9.17) is 9.84 Å². The molecule has 196 valence electrons. The van der Waals surface area contributed by atoms with Gasteiger partial charge in [0.05, 0.1) is 29.4 Å². The number of carbonyl (C=O) groups is 2. The molecule has 1 atom stereocenters. The Hall–Kier alpha value is -4.27. The number of hydrogen-bond donors (Lipinski definition) is 3. The SMILES string of the molecule is CS(=O)(=O)Nc1c(F)ccc(C(=O)c2nn(C3NCCO3)c3ncc(-c4ccc(C(=O)O)cc4)cc23)c1F. The lowest BCUT2D eigenvalue weighted by molar-refractivity contribution is 0.0372. The van der Waals surface area contributed by atoms with Gasteiger partial charge >= 0.3 is 5.97 Å². The average molecular weight is 544 g/mol. The van der Waals surface area contributed by atoms with Crippen LogP contribution < -0.4 is 10.0 Å². The predicted octanol–water partition coefficient (Wildman–Crippen LogP) is 2.75. The van der Waals surface area contributed by atoms with Gasteiger partial charge in [-0.05, 0) is 35.9 Å². The van der Waals surface area contributed by atoms with Gasteiger partial charge in [0.1, 0.15) is 17.2 Å². The third-order valence-electron chi connectivity index (χ3n) is 5.77. The molecule has 14 heteroatoms. The third kappa shape index (κ3) is 4.71. The van der Waals surface area contributed by atoms with E-state index in [1.165, 1.54) is 23.0 Å². The molecule has 0 aliphatic carbocycles. The van der Waals surface area contributed by atoms with Crippen molar-refractivity contribution in [1.82, 2.24) is 20.1 Å². The normalized spacial score (nSPS) is 15.6. The molecule has 3 N–H and O–H groups in total. The van der Waals surface area contributed by atoms with Crippen molar-refractivity contribution in [1.29, 1.82) is 0 Å². The minimum Gasteiger partial charge on any atom is -0.478 e. The number of sulfonamides is 1. The summed E-state index contributed by atoms with van der Waals surface area (Å²) in [6.07, 6.45) is 1.47. The molecule has 0 amide bonds. The number of anilines is 1. The zero-order valence-corrected chi connectivity index (χ0v) is 20.4. The van der Waals surface area contributed by atoms with Crippen LogP contribution in [0.3, 0.4) is 0 Å². The van der Waals surface area contributed by atoms with Gasteiger partial charge in [-0.15, -0.1) is 0 Å². The lowest BCUT2D eigenvalue weighted by atomic mass is 10.0. The Morgan fingerprint density at radius 2 is 1.89 bits per heavy atom. The van der Waals surface area contributed by atoms with E-state index >= 15 is 4.39 Å². The fourth-order valence-corrected chi connectivity index (χ4v) is 4.58. The van der Waals surface area contributed by atoms with Gasteiger partial charge in [-0.25, -0.2) is 31.7 Å². The summed E-state index contributed by atoms with van der Waals surface area (Å²) in [5, 5.41) is 16.7. The van der Waals surface area contributed by atoms with E-state index < -0.39 is 51.0 Å². The molecule has 0 bridgehead atoms. The second-order valence-corrected chi connectivity index (χ2v) is 10.2. The van der Waals surface area contributed by atoms with Crippen molar-refractivity contribution in [3.8, 4) is 11.1 Å². The summed E-state index contributed by atoms with van der Waals surface area (Å²) in [7, 11) is -4.05. The maximum Gasteiger partial charge on any atom is 0.335 e. The predicted molar refractivity (Wildman–Crippen MR) is 131 cm³/mol. The van der Waals surface area contributed by atoms with E-state index in [1.54, 1.807) is 22.9 Å². The number of carboxylic acids is 1. The Morgan fingerprint density at radius 1 is 1.16 bits per heavy atom. The number of benzene rings is 2. The highest BCUT2D eigenvalue weighted by Crippen LogP contribution is 2.31. The highest BCUT2D eigenvalue weighted by molar-refractivity contribution is 7.92. The van der Waals surface area contributed by atoms with E-state index in [0.717, 1.165) is 18.4 Å². The van der Waals surface area contributed by atoms with E-state index in [1.807, 2.05) is 0 Å². The number of carbonyl (C=O) groups excluding carboxylic acids is 1. The van der Waals surface area contributed by atoms with Crippen LogP contribution in [-0.2, 0) is 14.8 Å². The summed E-state index contributed by atoms with van der Waals surface area (Å²) in [4.78, 5) is 29.1. The van der Waals surface area contributed by atoms with Crippen molar-refractivity contribution in [3.05, 3.63) is 77.1 Å². The first-order valence-electron chi connectivity index (χ1n) is 11.1. The van der Waals surface area contributed by atoms with Crippen molar-refractivity contribution in [3.63, 3.8) is 0 Å². The first-order valence-corrected chi connectivity index (χ1v) is 13.0. The number of fused-ring (bicyclic) bond motifs is 1. The number of pyridine rings is 1. The first kappa shape index (κ1) is 25.4. The van der Waals surface area contributed by atoms with Crippen LogP contribution in [-0.4, -0.2) is 59.4 Å². The highest BCUT2D eigenvalue weighted by Gasteiger charge is 2.29. The number of ether oxygens (including phenoxy) is 1. The van der Waals surface area contributed by atoms with Crippen LogP contribution in [0.25, 0.3) is 22.2 Å². The van der Waals surface area contributed by atoms with Gasteiger partial charge in [0.25, 0.3) is 0 Å². The molecule has 1 aliphatic heterocycles. The minimum atomic E-state index is -4.05. The number of aromatic carboxylic acids is 1. The molecule has 2 aromatic carbocycles. The molecule has 0 saturated carbocycles. The molecular weight excluding hydrogens is 524 g/mol. The number of nitrogens with zero attached hydrogens (tertiary/aromatic N) is 3. The van der Waals surface area contributed by atoms with Crippen LogP contribution >= 0.6 is 0 Å². The molecule has 0 radical (unpaired) electrons. The maximum atomic E-state index is 15.2. The molecule has 5 rings (SSSR count). The maximum absolute atomic E-state index is 15.2. The van der Waals surface area contributed by atoms with Gasteiger partial charge in [-0.2, -0.15) is 5.10 Å². The number of ketones is 1. The topological polar surface area (TPSA) is 153 Å². The van der Waals surface area contributed by atoms with Crippen LogP contribution in [0, 0.1) is 11.6 Å². The van der Waals surface area contributed by atoms with Gasteiger partial charge in [0, 0.05) is 18.3 Å². The monoisotopic (exact) mass is 543 g/mol. The van der Waals surface area contributed by atoms with E-state index in [9.17, 15) is 22.4 Å². The Morgan fingerprint density at radius 3 is 2.53 bits per heavy atom. The summed E-state index contributed by atoms with van der Waals surface area (Å²) in [5.41, 5.74) is -0.400. The Labute approximate surface area is 214 Å². The fraction of sp³-hybridized carbons (Fsp3) is 0.167. The van der Waals surface area contributed by atoms with Crippen LogP contribution in [0.4, 0.5) is 14.5 Å². The Bertz CT molecular complexity index is 1700. The molecule has 1 fully saturated rings. The van der Waals surface area contributed by atoms with Crippen molar-refractivity contribution in [2.45, 2.75) is 6.35 Å². The summed E-state index contributed by atoms with van der Waals surface area (Å²) in [6, 6.07) is 9.23. The van der Waals surface area contributed by atoms with Gasteiger partial charge in [-0.1, -0.05) is 12.1 Å². The molecule has 1 unspecified atom stereocenters. The second kappa shape index (κ2) is 9.55. The lowest BCUT2D eigenvalue weighted by Gasteiger charge is -2.11. The molecule has 11 nitrogen and oxygen atoms in total. The van der Waals surface area contributed by atoms with Crippen LogP contribution in [0.5, 0.6) is 0 Å². The highest BCUT2D eigenvalue weighted by atomic mass is 32.2. The zero-order chi connectivity index (χ0) is 27.2. The Kier molecular flexibility index (Phi) is 6.38. The smallest absolute Gasteiger partial charge is 0.335 e. The van der Waals surface area contributed by atoms with Gasteiger partial charge in [0.2, 0.25) is 22.2 Å². The van der Waals surface area contributed by atoms with Crippen molar-refractivity contribution in [2.75, 3.05) is 24.1 Å². The molecule has 0 spiro atoms. The molecule has 2 aromatic heterocycles. The molecular formula is C24H19F2N5O6S. The molecule has 3 heterocycles. The van der Waals surface area contributed by atoms with Gasteiger partial charge in [-0.3, -0.25) is 14.8 Å². The number of hydrogen-bond acceptors (Lipinski definition) is 8. The number of aromatic nitrogens is 3. The van der Waals surface area contributed by atoms with Crippen molar-refractivity contribution in [2.24, 2.45) is 0 Å². The average Bonchev–Trinajstić information content (AvgIpc) is 3.53. The van der Waals surface area contributed by atoms with Gasteiger partial charge in [0.15, 0.2) is 11.5 Å². The number of nitrogens with one attached hydrogen (secondary N) is 2. The molecule has 1 saturated heterocycles. The summed E-state index contributed by atoms with van der Waals surface area (Å²) in [6.45, 7) is 0.882. The first-order chi connectivity index (χ1) is 18.0. The summed E-state index contributed by atoms with van der Waals surface area (Å²) in [5.74, 6) is -4.63.